The second-order valence-electron chi connectivity index (χ2n) is 6.54. The number of methoxy groups -OCH3 is 1. The normalized spacial score (nSPS) is 11.0. The highest BCUT2D eigenvalue weighted by molar-refractivity contribution is 6.07. The Bertz CT molecular complexity index is 889. The van der Waals surface area contributed by atoms with Gasteiger partial charge in [-0.3, -0.25) is 24.1 Å². The lowest BCUT2D eigenvalue weighted by Crippen LogP contribution is -2.42. The average molecular weight is 375 g/mol. The van der Waals surface area contributed by atoms with Gasteiger partial charge in [0.05, 0.1) is 0 Å². The van der Waals surface area contributed by atoms with Gasteiger partial charge in [0, 0.05) is 44.8 Å². The van der Waals surface area contributed by atoms with Crippen molar-refractivity contribution >= 4 is 17.4 Å². The molecule has 146 valence electrons. The number of amides is 1. The third kappa shape index (κ3) is 4.82. The summed E-state index contributed by atoms with van der Waals surface area (Å²) in [7, 11) is 1.55. The van der Waals surface area contributed by atoms with Crippen molar-refractivity contribution in [2.24, 2.45) is 5.92 Å². The molecule has 9 heteroatoms. The molecular weight excluding hydrogens is 350 g/mol. The zero-order valence-electron chi connectivity index (χ0n) is 15.8. The van der Waals surface area contributed by atoms with Crippen LogP contribution < -0.4 is 21.9 Å². The minimum atomic E-state index is -0.697. The molecule has 2 rings (SSSR count). The van der Waals surface area contributed by atoms with Crippen LogP contribution >= 0.6 is 0 Å². The van der Waals surface area contributed by atoms with Crippen LogP contribution in [0.15, 0.2) is 34.1 Å². The van der Waals surface area contributed by atoms with Crippen molar-refractivity contribution < 1.29 is 9.53 Å². The number of aromatic nitrogens is 3. The standard InChI is InChI=1S/C18H25N5O4/c1-12(2)11-23-15(19)14(16(24)21-18(23)26)22(9-4-10-27-3)17(25)13-5-7-20-8-6-13/h5-8,12H,4,9-11,19H2,1-3H3,(H,21,24,26). The molecule has 0 unspecified atom stereocenters. The van der Waals surface area contributed by atoms with Gasteiger partial charge < -0.3 is 15.4 Å². The number of aromatic amines is 1. The van der Waals surface area contributed by atoms with E-state index in [4.69, 9.17) is 10.5 Å². The Balaban J connectivity index is 2.56. The molecule has 9 nitrogen and oxygen atoms in total. The van der Waals surface area contributed by atoms with E-state index in [9.17, 15) is 14.4 Å². The molecule has 0 aliphatic rings. The van der Waals surface area contributed by atoms with E-state index in [1.54, 1.807) is 19.2 Å². The molecule has 0 fully saturated rings. The van der Waals surface area contributed by atoms with Crippen molar-refractivity contribution in [2.45, 2.75) is 26.8 Å². The maximum atomic E-state index is 13.0. The van der Waals surface area contributed by atoms with Crippen LogP contribution in [0, 0.1) is 5.92 Å². The summed E-state index contributed by atoms with van der Waals surface area (Å²) in [4.78, 5) is 45.2. The summed E-state index contributed by atoms with van der Waals surface area (Å²) in [6.45, 7) is 4.79. The lowest BCUT2D eigenvalue weighted by molar-refractivity contribution is 0.0983. The van der Waals surface area contributed by atoms with Gasteiger partial charge in [0.15, 0.2) is 5.69 Å². The molecule has 0 atom stereocenters. The van der Waals surface area contributed by atoms with E-state index in [-0.39, 0.29) is 24.0 Å². The first kappa shape index (κ1) is 20.4. The average Bonchev–Trinajstić information content (AvgIpc) is 2.64. The number of nitrogens with two attached hydrogens (primary N) is 1. The highest BCUT2D eigenvalue weighted by Gasteiger charge is 2.25. The summed E-state index contributed by atoms with van der Waals surface area (Å²) < 4.78 is 6.33. The monoisotopic (exact) mass is 375 g/mol. The number of nitrogen functional groups attached to an aromatic ring is 1. The molecule has 3 N–H and O–H groups in total. The third-order valence-electron chi connectivity index (χ3n) is 3.93. The van der Waals surface area contributed by atoms with E-state index in [0.717, 1.165) is 0 Å². The molecule has 0 aromatic carbocycles. The molecular formula is C18H25N5O4. The zero-order valence-corrected chi connectivity index (χ0v) is 15.8. The van der Waals surface area contributed by atoms with Crippen LogP contribution in [0.2, 0.25) is 0 Å². The van der Waals surface area contributed by atoms with Gasteiger partial charge in [-0.15, -0.1) is 0 Å². The maximum absolute atomic E-state index is 13.0. The minimum absolute atomic E-state index is 0.0303. The number of nitrogens with one attached hydrogen (secondary N) is 1. The van der Waals surface area contributed by atoms with Gasteiger partial charge in [0.1, 0.15) is 5.82 Å². The Morgan fingerprint density at radius 3 is 2.59 bits per heavy atom. The van der Waals surface area contributed by atoms with Crippen molar-refractivity contribution in [3.8, 4) is 0 Å². The largest absolute Gasteiger partial charge is 0.385 e. The fraction of sp³-hybridized carbons (Fsp3) is 0.444. The van der Waals surface area contributed by atoms with Crippen LogP contribution in [0.25, 0.3) is 0 Å². The van der Waals surface area contributed by atoms with E-state index >= 15 is 0 Å². The second-order valence-corrected chi connectivity index (χ2v) is 6.54. The van der Waals surface area contributed by atoms with Crippen molar-refractivity contribution in [3.05, 3.63) is 50.9 Å². The first-order valence-corrected chi connectivity index (χ1v) is 8.70. The predicted octanol–water partition coefficient (Wildman–Crippen LogP) is 0.853. The quantitative estimate of drug-likeness (QED) is 0.660. The highest BCUT2D eigenvalue weighted by Crippen LogP contribution is 2.20. The number of rotatable bonds is 8. The van der Waals surface area contributed by atoms with Crippen LogP contribution in [-0.2, 0) is 11.3 Å². The lowest BCUT2D eigenvalue weighted by atomic mass is 10.2. The summed E-state index contributed by atoms with van der Waals surface area (Å²) in [5.74, 6) is -0.306. The lowest BCUT2D eigenvalue weighted by Gasteiger charge is -2.25. The molecule has 0 bridgehead atoms. The fourth-order valence-corrected chi connectivity index (χ4v) is 2.72. The van der Waals surface area contributed by atoms with Gasteiger partial charge in [0.25, 0.3) is 11.5 Å². The molecule has 27 heavy (non-hydrogen) atoms. The fourth-order valence-electron chi connectivity index (χ4n) is 2.72. The summed E-state index contributed by atoms with van der Waals surface area (Å²) in [5, 5.41) is 0. The first-order chi connectivity index (χ1) is 12.9. The summed E-state index contributed by atoms with van der Waals surface area (Å²) in [6, 6.07) is 3.11. The van der Waals surface area contributed by atoms with Crippen LogP contribution in [0.5, 0.6) is 0 Å². The van der Waals surface area contributed by atoms with Gasteiger partial charge >= 0.3 is 5.69 Å². The predicted molar refractivity (Wildman–Crippen MR) is 103 cm³/mol. The number of nitrogens with zero attached hydrogens (tertiary/aromatic N) is 3. The number of hydrogen-bond acceptors (Lipinski definition) is 6. The van der Waals surface area contributed by atoms with Gasteiger partial charge in [-0.1, -0.05) is 13.8 Å². The van der Waals surface area contributed by atoms with Crippen molar-refractivity contribution in [3.63, 3.8) is 0 Å². The Labute approximate surface area is 156 Å². The van der Waals surface area contributed by atoms with Crippen LogP contribution in [0.4, 0.5) is 11.5 Å². The van der Waals surface area contributed by atoms with Crippen molar-refractivity contribution in [2.75, 3.05) is 30.9 Å². The third-order valence-corrected chi connectivity index (χ3v) is 3.93. The Hall–Kier alpha value is -2.94. The van der Waals surface area contributed by atoms with Gasteiger partial charge in [-0.25, -0.2) is 4.79 Å². The Morgan fingerprint density at radius 2 is 2.00 bits per heavy atom. The van der Waals surface area contributed by atoms with Crippen LogP contribution in [0.1, 0.15) is 30.6 Å². The molecule has 0 radical (unpaired) electrons. The first-order valence-electron chi connectivity index (χ1n) is 8.70. The molecule has 0 aliphatic carbocycles. The molecule has 0 spiro atoms. The molecule has 0 saturated heterocycles. The maximum Gasteiger partial charge on any atom is 0.330 e. The number of H-pyrrole nitrogens is 1. The smallest absolute Gasteiger partial charge is 0.330 e. The molecule has 0 aliphatic heterocycles. The summed E-state index contributed by atoms with van der Waals surface area (Å²) >= 11 is 0. The second kappa shape index (κ2) is 9.13. The van der Waals surface area contributed by atoms with Gasteiger partial charge in [-0.05, 0) is 24.5 Å². The van der Waals surface area contributed by atoms with E-state index in [1.807, 2.05) is 13.8 Å². The van der Waals surface area contributed by atoms with Crippen LogP contribution in [-0.4, -0.2) is 40.7 Å². The van der Waals surface area contributed by atoms with Crippen molar-refractivity contribution in [1.29, 1.82) is 0 Å². The summed E-state index contributed by atoms with van der Waals surface area (Å²) in [6.07, 6.45) is 3.48. The van der Waals surface area contributed by atoms with E-state index < -0.39 is 17.2 Å². The Morgan fingerprint density at radius 1 is 1.33 bits per heavy atom. The molecule has 2 aromatic heterocycles. The summed E-state index contributed by atoms with van der Waals surface area (Å²) in [5.41, 5.74) is 5.20. The topological polar surface area (TPSA) is 123 Å². The van der Waals surface area contributed by atoms with E-state index in [1.165, 1.54) is 21.9 Å². The van der Waals surface area contributed by atoms with Gasteiger partial charge in [0.2, 0.25) is 0 Å². The number of pyridine rings is 1. The molecule has 0 saturated carbocycles. The zero-order chi connectivity index (χ0) is 20.0. The number of anilines is 2. The van der Waals surface area contributed by atoms with Crippen molar-refractivity contribution in [1.82, 2.24) is 14.5 Å². The number of carbonyl (C=O) groups is 1. The molecule has 2 aromatic rings. The van der Waals surface area contributed by atoms with Gasteiger partial charge in [-0.2, -0.15) is 0 Å². The van der Waals surface area contributed by atoms with E-state index in [2.05, 4.69) is 9.97 Å². The SMILES string of the molecule is COCCCN(C(=O)c1ccncc1)c1c(N)n(CC(C)C)c(=O)[nH]c1=O. The molecule has 2 heterocycles. The van der Waals surface area contributed by atoms with E-state index in [0.29, 0.717) is 25.1 Å². The number of ether oxygens (including phenoxy) is 1. The number of hydrogen-bond donors (Lipinski definition) is 2. The Kier molecular flexibility index (Phi) is 6.89. The highest BCUT2D eigenvalue weighted by atomic mass is 16.5. The minimum Gasteiger partial charge on any atom is -0.385 e. The van der Waals surface area contributed by atoms with Crippen LogP contribution in [0.3, 0.4) is 0 Å². The molecule has 1 amide bonds. The number of carbonyl (C=O) groups excluding carboxylic acids is 1.